The third kappa shape index (κ3) is 22.0. The molecule has 396 valence electrons. The Labute approximate surface area is 412 Å². The SMILES string of the molecule is Cc1ccccc1C[C@H](NC(=O)[C@H](CCC(=O)O)NC(=O)[C@H](CC(=O)O)NC(=O)CCC(=O)O)C(=O)N[C@H](C(=O)N[C@@H](CC(C)C)C(=O)N[C@@H](CC(F)(F)F)C(=O)C(=O)NCc1ccc(O)cc1)C(C)(C)C. The summed E-state index contributed by atoms with van der Waals surface area (Å²) in [5.41, 5.74) is 0.256. The van der Waals surface area contributed by atoms with Crippen LogP contribution >= 0.6 is 0 Å². The van der Waals surface area contributed by atoms with Crippen molar-refractivity contribution in [2.45, 2.75) is 142 Å². The molecule has 0 saturated heterocycles. The van der Waals surface area contributed by atoms with Crippen molar-refractivity contribution in [2.75, 3.05) is 0 Å². The molecule has 0 aliphatic rings. The predicted octanol–water partition coefficient (Wildman–Crippen LogP) is 1.29. The van der Waals surface area contributed by atoms with E-state index in [2.05, 4.69) is 31.9 Å². The van der Waals surface area contributed by atoms with E-state index in [0.717, 1.165) is 0 Å². The molecule has 2 rings (SSSR count). The number of phenolic OH excluding ortho intramolecular Hbond substituents is 1. The monoisotopic (exact) mass is 1020 g/mol. The second kappa shape index (κ2) is 27.7. The lowest BCUT2D eigenvalue weighted by Crippen LogP contribution is -2.62. The van der Waals surface area contributed by atoms with E-state index in [1.807, 2.05) is 5.32 Å². The molecule has 0 spiro atoms. The Bertz CT molecular complexity index is 2300. The summed E-state index contributed by atoms with van der Waals surface area (Å²) < 4.78 is 41.4. The third-order valence-electron chi connectivity index (χ3n) is 10.6. The molecule has 22 nitrogen and oxygen atoms in total. The first-order valence-electron chi connectivity index (χ1n) is 22.5. The van der Waals surface area contributed by atoms with Gasteiger partial charge in [0, 0.05) is 25.8 Å². The highest BCUT2D eigenvalue weighted by Gasteiger charge is 2.42. The molecular weight excluding hydrogens is 960 g/mol. The number of hydrogen-bond donors (Lipinski definition) is 11. The summed E-state index contributed by atoms with van der Waals surface area (Å²) in [6, 6.07) is 0.894. The van der Waals surface area contributed by atoms with Crippen LogP contribution in [0, 0.1) is 18.3 Å². The Morgan fingerprint density at radius 1 is 0.597 bits per heavy atom. The van der Waals surface area contributed by atoms with E-state index in [4.69, 9.17) is 5.11 Å². The van der Waals surface area contributed by atoms with E-state index in [1.165, 1.54) is 45.0 Å². The molecule has 0 radical (unpaired) electrons. The normalized spacial score (nSPS) is 13.9. The zero-order chi connectivity index (χ0) is 54.7. The van der Waals surface area contributed by atoms with Crippen LogP contribution in [0.15, 0.2) is 48.5 Å². The number of amides is 7. The van der Waals surface area contributed by atoms with Crippen molar-refractivity contribution in [3.05, 3.63) is 65.2 Å². The summed E-state index contributed by atoms with van der Waals surface area (Å²) in [4.78, 5) is 142. The van der Waals surface area contributed by atoms with Gasteiger partial charge in [-0.3, -0.25) is 52.7 Å². The van der Waals surface area contributed by atoms with Gasteiger partial charge in [-0.2, -0.15) is 13.2 Å². The summed E-state index contributed by atoms with van der Waals surface area (Å²) in [7, 11) is 0. The Balaban J connectivity index is 2.49. The maximum atomic E-state index is 14.4. The summed E-state index contributed by atoms with van der Waals surface area (Å²) in [6.45, 7) is 9.09. The van der Waals surface area contributed by atoms with Crippen LogP contribution in [-0.2, 0) is 65.7 Å². The number of phenols is 1. The lowest BCUT2D eigenvalue weighted by Gasteiger charge is -2.34. The van der Waals surface area contributed by atoms with Crippen LogP contribution in [0.3, 0.4) is 0 Å². The van der Waals surface area contributed by atoms with Crippen molar-refractivity contribution >= 4 is 65.0 Å². The van der Waals surface area contributed by atoms with Gasteiger partial charge in [-0.1, -0.05) is 71.0 Å². The topological polar surface area (TPSA) is 353 Å². The fourth-order valence-corrected chi connectivity index (χ4v) is 6.85. The van der Waals surface area contributed by atoms with E-state index in [9.17, 15) is 81.2 Å². The number of aliphatic carboxylic acids is 3. The molecule has 0 bridgehead atoms. The molecule has 0 aliphatic carbocycles. The molecule has 0 aromatic heterocycles. The van der Waals surface area contributed by atoms with Crippen molar-refractivity contribution in [3.8, 4) is 5.75 Å². The standard InChI is InChI=1S/C47H62F3N7O15/c1-24(2)19-30(41(68)56-33(22-47(48,49)50)38(66)44(71)51-23-26-11-13-28(58)14-12-26)55-45(72)39(46(4,5)6)57-43(70)31(20-27-10-8-7-9-25(27)3)54-40(67)29(15-17-35(60)61)53-42(69)32(21-37(64)65)52-34(59)16-18-36(62)63/h7-14,24,29-33,39,58H,15-23H2,1-6H3,(H,51,71)(H,52,59)(H,53,69)(H,54,67)(H,55,72)(H,56,68)(H,57,70)(H,60,61)(H,62,63)(H,64,65)/t29-,30-,31-,32-,33-,39+/m0/s1. The number of halogens is 3. The van der Waals surface area contributed by atoms with Gasteiger partial charge in [-0.15, -0.1) is 0 Å². The highest BCUT2D eigenvalue weighted by Crippen LogP contribution is 2.24. The zero-order valence-electron chi connectivity index (χ0n) is 40.4. The largest absolute Gasteiger partial charge is 0.508 e. The molecule has 72 heavy (non-hydrogen) atoms. The molecule has 2 aromatic carbocycles. The number of benzene rings is 2. The van der Waals surface area contributed by atoms with Gasteiger partial charge >= 0.3 is 24.1 Å². The highest BCUT2D eigenvalue weighted by atomic mass is 19.4. The molecule has 0 saturated carbocycles. The van der Waals surface area contributed by atoms with Crippen LogP contribution in [-0.4, -0.2) is 128 Å². The third-order valence-corrected chi connectivity index (χ3v) is 10.6. The lowest BCUT2D eigenvalue weighted by atomic mass is 9.85. The summed E-state index contributed by atoms with van der Waals surface area (Å²) >= 11 is 0. The number of aromatic hydroxyl groups is 1. The minimum atomic E-state index is -5.07. The first-order chi connectivity index (χ1) is 33.4. The molecular formula is C47H62F3N7O15. The summed E-state index contributed by atoms with van der Waals surface area (Å²) in [6.07, 6.45) is -11.3. The molecule has 0 aliphatic heterocycles. The number of carboxylic acids is 3. The van der Waals surface area contributed by atoms with Crippen LogP contribution in [0.4, 0.5) is 13.2 Å². The number of carbonyl (C=O) groups is 11. The number of carboxylic acid groups (broad SMARTS) is 3. The van der Waals surface area contributed by atoms with Crippen LogP contribution in [0.5, 0.6) is 5.75 Å². The Morgan fingerprint density at radius 3 is 1.67 bits per heavy atom. The van der Waals surface area contributed by atoms with E-state index >= 15 is 0 Å². The van der Waals surface area contributed by atoms with Gasteiger partial charge in [0.15, 0.2) is 0 Å². The van der Waals surface area contributed by atoms with E-state index in [-0.39, 0.29) is 25.1 Å². The first-order valence-corrected chi connectivity index (χ1v) is 22.5. The van der Waals surface area contributed by atoms with Crippen LogP contribution in [0.2, 0.25) is 0 Å². The molecule has 6 atom stereocenters. The maximum absolute atomic E-state index is 14.4. The van der Waals surface area contributed by atoms with Gasteiger partial charge in [0.1, 0.15) is 42.0 Å². The number of ketones is 1. The van der Waals surface area contributed by atoms with Crippen LogP contribution < -0.4 is 37.2 Å². The van der Waals surface area contributed by atoms with Crippen molar-refractivity contribution in [1.82, 2.24) is 37.2 Å². The predicted molar refractivity (Wildman–Crippen MR) is 247 cm³/mol. The molecule has 0 unspecified atom stereocenters. The number of alkyl halides is 3. The molecule has 0 fully saturated rings. The smallest absolute Gasteiger partial charge is 0.391 e. The van der Waals surface area contributed by atoms with Gasteiger partial charge in [0.2, 0.25) is 41.2 Å². The Hall–Kier alpha value is -7.60. The molecule has 25 heteroatoms. The van der Waals surface area contributed by atoms with Crippen molar-refractivity contribution in [2.24, 2.45) is 11.3 Å². The van der Waals surface area contributed by atoms with Crippen LogP contribution in [0.1, 0.15) is 96.3 Å². The number of carbonyl (C=O) groups excluding carboxylic acids is 8. The van der Waals surface area contributed by atoms with E-state index < -0.39 is 157 Å². The van der Waals surface area contributed by atoms with Gasteiger partial charge < -0.3 is 57.6 Å². The number of nitrogens with one attached hydrogen (secondary N) is 7. The quantitative estimate of drug-likeness (QED) is 0.0535. The fraction of sp³-hybridized carbons (Fsp3) is 0.511. The zero-order valence-corrected chi connectivity index (χ0v) is 40.4. The van der Waals surface area contributed by atoms with E-state index in [1.54, 1.807) is 45.0 Å². The Morgan fingerprint density at radius 2 is 1.12 bits per heavy atom. The second-order valence-electron chi connectivity index (χ2n) is 18.4. The fourth-order valence-electron chi connectivity index (χ4n) is 6.85. The number of hydrogen-bond acceptors (Lipinski definition) is 12. The van der Waals surface area contributed by atoms with Gasteiger partial charge in [0.25, 0.3) is 5.91 Å². The molecule has 0 heterocycles. The number of rotatable bonds is 28. The summed E-state index contributed by atoms with van der Waals surface area (Å²) in [5.74, 6) is -14.9. The van der Waals surface area contributed by atoms with Crippen LogP contribution in [0.25, 0.3) is 0 Å². The minimum absolute atomic E-state index is 0.111. The maximum Gasteiger partial charge on any atom is 0.391 e. The first kappa shape index (κ1) is 60.5. The van der Waals surface area contributed by atoms with Gasteiger partial charge in [0.05, 0.1) is 19.3 Å². The molecule has 2 aromatic rings. The Kier molecular flexibility index (Phi) is 23.3. The molecule has 11 N–H and O–H groups in total. The average molecular weight is 1020 g/mol. The van der Waals surface area contributed by atoms with Gasteiger partial charge in [-0.25, -0.2) is 0 Å². The van der Waals surface area contributed by atoms with Crippen molar-refractivity contribution in [3.63, 3.8) is 0 Å². The summed E-state index contributed by atoms with van der Waals surface area (Å²) in [5, 5.41) is 53.1. The minimum Gasteiger partial charge on any atom is -0.508 e. The lowest BCUT2D eigenvalue weighted by molar-refractivity contribution is -0.154. The van der Waals surface area contributed by atoms with Gasteiger partial charge in [-0.05, 0) is 59.9 Å². The molecule has 7 amide bonds. The highest BCUT2D eigenvalue weighted by molar-refractivity contribution is 6.38. The number of aryl methyl sites for hydroxylation is 1. The van der Waals surface area contributed by atoms with Crippen molar-refractivity contribution in [1.29, 1.82) is 0 Å². The average Bonchev–Trinajstić information content (AvgIpc) is 3.26. The number of Topliss-reactive ketones (excluding diaryl/α,β-unsaturated/α-hetero) is 1. The van der Waals surface area contributed by atoms with E-state index in [0.29, 0.717) is 16.7 Å². The van der Waals surface area contributed by atoms with Crippen molar-refractivity contribution < 1.29 is 86.3 Å². The second-order valence-corrected chi connectivity index (χ2v) is 18.4.